The number of rotatable bonds is 4. The molecule has 0 saturated carbocycles. The Morgan fingerprint density at radius 2 is 1.88 bits per heavy atom. The Morgan fingerprint density at radius 3 is 2.25 bits per heavy atom. The molecule has 0 aliphatic rings. The van der Waals surface area contributed by atoms with Crippen LogP contribution in [0, 0.1) is 6.92 Å². The molecule has 90 valence electrons. The maximum atomic E-state index is 10.5. The second-order valence-electron chi connectivity index (χ2n) is 3.69. The first-order chi connectivity index (χ1) is 7.70. The maximum absolute atomic E-state index is 10.5. The molecule has 2 heteroatoms. The van der Waals surface area contributed by atoms with Crippen LogP contribution in [0.25, 0.3) is 0 Å². The maximum Gasteiger partial charge on any atom is 0.305 e. The Kier molecular flexibility index (Phi) is 9.38. The number of esters is 1. The molecule has 0 saturated heterocycles. The van der Waals surface area contributed by atoms with Crippen LogP contribution < -0.4 is 0 Å². The number of carbonyl (C=O) groups is 1. The molecule has 0 unspecified atom stereocenters. The van der Waals surface area contributed by atoms with Crippen molar-refractivity contribution in [3.05, 3.63) is 35.9 Å². The van der Waals surface area contributed by atoms with E-state index >= 15 is 0 Å². The average Bonchev–Trinajstić information content (AvgIpc) is 2.31. The molecule has 0 N–H and O–H groups in total. The normalized spacial score (nSPS) is 8.94. The summed E-state index contributed by atoms with van der Waals surface area (Å²) in [5.74, 6) is -0.0940. The molecule has 1 rings (SSSR count). The first kappa shape index (κ1) is 14.7. The fourth-order valence-corrected chi connectivity index (χ4v) is 1.16. The molecule has 1 aromatic rings. The summed E-state index contributed by atoms with van der Waals surface area (Å²) < 4.78 is 4.46. The molecule has 0 heterocycles. The van der Waals surface area contributed by atoms with Crippen LogP contribution >= 0.6 is 0 Å². The van der Waals surface area contributed by atoms with Gasteiger partial charge in [-0.3, -0.25) is 4.79 Å². The highest BCUT2D eigenvalue weighted by Gasteiger charge is 1.96. The molecular formula is C14H22O2. The van der Waals surface area contributed by atoms with E-state index in [-0.39, 0.29) is 5.97 Å². The smallest absolute Gasteiger partial charge is 0.305 e. The van der Waals surface area contributed by atoms with E-state index in [1.54, 1.807) is 0 Å². The minimum Gasteiger partial charge on any atom is -0.469 e. The number of aryl methyl sites for hydroxylation is 1. The third-order valence-corrected chi connectivity index (χ3v) is 2.15. The lowest BCUT2D eigenvalue weighted by Gasteiger charge is -1.95. The Balaban J connectivity index is 0.000000288. The molecular weight excluding hydrogens is 259 g/mol. The van der Waals surface area contributed by atoms with Gasteiger partial charge in [0.05, 0.1) is 7.11 Å². The van der Waals surface area contributed by atoms with Gasteiger partial charge in [-0.1, -0.05) is 55.7 Å². The first-order valence-corrected chi connectivity index (χ1v) is 5.79. The fraction of sp³-hybridized carbons (Fsp3) is 0.500. The van der Waals surface area contributed by atoms with Crippen LogP contribution in [0.2, 0.25) is 0 Å². The van der Waals surface area contributed by atoms with Gasteiger partial charge in [-0.25, -0.2) is 0 Å². The van der Waals surface area contributed by atoms with E-state index in [0.717, 1.165) is 19.3 Å². The molecule has 0 fully saturated rings. The predicted octanol–water partition coefficient (Wildman–Crippen LogP) is 3.73. The summed E-state index contributed by atoms with van der Waals surface area (Å²) in [6.07, 6.45) is 3.81. The topological polar surface area (TPSA) is 26.3 Å². The van der Waals surface area contributed by atoms with Crippen molar-refractivity contribution in [1.82, 2.24) is 0 Å². The molecule has 0 radical (unpaired) electrons. The van der Waals surface area contributed by atoms with Crippen LogP contribution in [0.1, 0.15) is 38.2 Å². The fourth-order valence-electron chi connectivity index (χ4n) is 1.16. The van der Waals surface area contributed by atoms with Crippen molar-refractivity contribution in [2.24, 2.45) is 0 Å². The van der Waals surface area contributed by atoms with Crippen LogP contribution in [-0.4, -0.2) is 13.1 Å². The van der Waals surface area contributed by atoms with Gasteiger partial charge in [0.1, 0.15) is 0 Å². The summed E-state index contributed by atoms with van der Waals surface area (Å²) in [7, 11) is 1.42. The largest absolute Gasteiger partial charge is 0.469 e. The summed E-state index contributed by atoms with van der Waals surface area (Å²) >= 11 is 0. The van der Waals surface area contributed by atoms with Gasteiger partial charge in [-0.05, 0) is 13.3 Å². The Hall–Kier alpha value is -1.31. The highest BCUT2D eigenvalue weighted by molar-refractivity contribution is 5.68. The van der Waals surface area contributed by atoms with E-state index in [0.29, 0.717) is 6.42 Å². The standard InChI is InChI=1S/C7H14O2.C7H8/c1-3-4-5-6-7(8)9-2;1-7-5-3-2-4-6-7/h3-6H2,1-2H3;2-6H,1H3/i;1+59. The quantitative estimate of drug-likeness (QED) is 0.621. The molecule has 0 atom stereocenters. The van der Waals surface area contributed by atoms with Gasteiger partial charge in [-0.15, -0.1) is 0 Å². The zero-order valence-corrected chi connectivity index (χ0v) is 10.5. The van der Waals surface area contributed by atoms with Gasteiger partial charge in [0.2, 0.25) is 0 Å². The molecule has 16 heavy (non-hydrogen) atoms. The second kappa shape index (κ2) is 10.2. The number of carbonyl (C=O) groups excluding carboxylic acids is 1. The lowest BCUT2D eigenvalue weighted by Crippen LogP contribution is -1.98. The minimum absolute atomic E-state index is 0.0940. The van der Waals surface area contributed by atoms with E-state index in [2.05, 4.69) is 30.7 Å². The van der Waals surface area contributed by atoms with Gasteiger partial charge in [0, 0.05) is 6.42 Å². The molecule has 2 nitrogen and oxygen atoms in total. The van der Waals surface area contributed by atoms with Crippen molar-refractivity contribution in [2.45, 2.75) is 39.5 Å². The number of benzene rings is 1. The van der Waals surface area contributed by atoms with Crippen LogP contribution in [0.5, 0.6) is 0 Å². The van der Waals surface area contributed by atoms with Gasteiger partial charge in [0.25, 0.3) is 0 Å². The summed E-state index contributed by atoms with van der Waals surface area (Å²) in [5.41, 5.74) is 1.32. The Morgan fingerprint density at radius 1 is 1.25 bits per heavy atom. The lowest BCUT2D eigenvalue weighted by molar-refractivity contribution is -0.140. The van der Waals surface area contributed by atoms with E-state index in [1.165, 1.54) is 12.7 Å². The van der Waals surface area contributed by atoms with Crippen molar-refractivity contribution >= 4 is 5.97 Å². The lowest BCUT2D eigenvalue weighted by atomic mass is 10.2. The van der Waals surface area contributed by atoms with Gasteiger partial charge in [0.15, 0.2) is 0 Å². The van der Waals surface area contributed by atoms with E-state index < -0.39 is 0 Å². The molecule has 0 spiro atoms. The predicted molar refractivity (Wildman–Crippen MR) is 67.3 cm³/mol. The van der Waals surface area contributed by atoms with Gasteiger partial charge in [-0.2, -0.15) is 0 Å². The first-order valence-electron chi connectivity index (χ1n) is 5.79. The molecule has 1 aromatic carbocycles. The number of hydrogen-bond acceptors (Lipinski definition) is 2. The Bertz CT molecular complexity index is 267. The van der Waals surface area contributed by atoms with Crippen molar-refractivity contribution in [1.29, 1.82) is 0 Å². The SMILES string of the molecule is CCCCCC(=O)OC.[71CH3]c1ccccc1. The molecule has 0 bridgehead atoms. The van der Waals surface area contributed by atoms with E-state index in [9.17, 15) is 4.79 Å². The van der Waals surface area contributed by atoms with E-state index in [1.807, 2.05) is 18.2 Å². The van der Waals surface area contributed by atoms with Crippen LogP contribution in [0.15, 0.2) is 30.3 Å². The summed E-state index contributed by atoms with van der Waals surface area (Å²) in [5, 5.41) is 0. The van der Waals surface area contributed by atoms with Crippen molar-refractivity contribution < 1.29 is 9.53 Å². The number of methoxy groups -OCH3 is 1. The van der Waals surface area contributed by atoms with Crippen molar-refractivity contribution in [3.8, 4) is 0 Å². The molecule has 0 aromatic heterocycles. The van der Waals surface area contributed by atoms with Gasteiger partial charge < -0.3 is 4.74 Å². The van der Waals surface area contributed by atoms with Crippen molar-refractivity contribution in [3.63, 3.8) is 0 Å². The summed E-state index contributed by atoms with van der Waals surface area (Å²) in [6, 6.07) is 10.3. The van der Waals surface area contributed by atoms with Crippen LogP contribution in [0.3, 0.4) is 0 Å². The minimum atomic E-state index is -0.0940. The monoisotopic (exact) mass is 281 g/mol. The third-order valence-electron chi connectivity index (χ3n) is 2.15. The van der Waals surface area contributed by atoms with Crippen molar-refractivity contribution in [2.75, 3.05) is 7.11 Å². The number of ether oxygens (including phenoxy) is 1. The summed E-state index contributed by atoms with van der Waals surface area (Å²) in [6.45, 7) is 4.19. The molecule has 0 aliphatic carbocycles. The Labute approximate surface area is 98.6 Å². The zero-order valence-electron chi connectivity index (χ0n) is 10.5. The van der Waals surface area contributed by atoms with E-state index in [4.69, 9.17) is 0 Å². The van der Waals surface area contributed by atoms with Crippen LogP contribution in [0.4, 0.5) is 0 Å². The average molecular weight is 281 g/mol. The summed E-state index contributed by atoms with van der Waals surface area (Å²) in [4.78, 5) is 10.5. The molecule has 0 aliphatic heterocycles. The zero-order chi connectivity index (χ0) is 12.2. The highest BCUT2D eigenvalue weighted by atomic mass is 71.0. The van der Waals surface area contributed by atoms with Gasteiger partial charge >= 0.3 is 5.97 Å². The third kappa shape index (κ3) is 9.25. The number of hydrogen-bond donors (Lipinski definition) is 0. The van der Waals surface area contributed by atoms with Crippen LogP contribution in [-0.2, 0) is 9.53 Å². The highest BCUT2D eigenvalue weighted by Crippen LogP contribution is 1.99. The molecule has 0 amide bonds. The number of unbranched alkanes of at least 4 members (excludes halogenated alkanes) is 2. The second-order valence-corrected chi connectivity index (χ2v) is 3.69.